The Bertz CT molecular complexity index is 115. The van der Waals surface area contributed by atoms with Crippen LogP contribution in [0.5, 0.6) is 0 Å². The van der Waals surface area contributed by atoms with Crippen molar-refractivity contribution in [1.82, 2.24) is 5.32 Å². The molecule has 7 heteroatoms. The molecule has 0 aliphatic carbocycles. The lowest BCUT2D eigenvalue weighted by Gasteiger charge is -2.05. The zero-order chi connectivity index (χ0) is 7.49. The van der Waals surface area contributed by atoms with Crippen LogP contribution in [0.2, 0.25) is 0 Å². The summed E-state index contributed by atoms with van der Waals surface area (Å²) in [6, 6.07) is 0. The van der Waals surface area contributed by atoms with Crippen LogP contribution in [-0.2, 0) is 4.79 Å². The van der Waals surface area contributed by atoms with E-state index in [0.717, 1.165) is 0 Å². The fourth-order valence-corrected chi connectivity index (χ4v) is 0.209. The van der Waals surface area contributed by atoms with Crippen LogP contribution in [0.4, 0.5) is 13.2 Å². The maximum atomic E-state index is 11.1. The summed E-state index contributed by atoms with van der Waals surface area (Å²) in [7, 11) is 0. The number of hydrogen-bond acceptors (Lipinski definition) is 2. The van der Waals surface area contributed by atoms with Gasteiger partial charge in [0.1, 0.15) is 0 Å². The number of hydrogen-bond donors (Lipinski definition) is 2. The van der Waals surface area contributed by atoms with Crippen molar-refractivity contribution < 1.29 is 18.0 Å². The predicted molar refractivity (Wildman–Crippen MR) is 30.5 cm³/mol. The first-order valence-electron chi connectivity index (χ1n) is 2.03. The van der Waals surface area contributed by atoms with E-state index in [1.165, 1.54) is 0 Å². The quantitative estimate of drug-likeness (QED) is 0.556. The molecule has 10 heavy (non-hydrogen) atoms. The van der Waals surface area contributed by atoms with Crippen LogP contribution >= 0.6 is 12.4 Å². The number of nitrogens with two attached hydrogens (primary N) is 1. The van der Waals surface area contributed by atoms with Gasteiger partial charge in [0.15, 0.2) is 0 Å². The van der Waals surface area contributed by atoms with Crippen LogP contribution in [0.1, 0.15) is 0 Å². The lowest BCUT2D eigenvalue weighted by atomic mass is 10.6. The molecule has 0 aliphatic heterocycles. The second kappa shape index (κ2) is 4.35. The Morgan fingerprint density at radius 1 is 1.50 bits per heavy atom. The zero-order valence-electron chi connectivity index (χ0n) is 4.73. The van der Waals surface area contributed by atoms with E-state index >= 15 is 0 Å². The van der Waals surface area contributed by atoms with Crippen molar-refractivity contribution >= 4 is 18.3 Å². The summed E-state index contributed by atoms with van der Waals surface area (Å²) < 4.78 is 33.3. The Kier molecular flexibility index (Phi) is 5.31. The Balaban J connectivity index is 0. The third kappa shape index (κ3) is 7.51. The van der Waals surface area contributed by atoms with Gasteiger partial charge in [-0.1, -0.05) is 0 Å². The topological polar surface area (TPSA) is 55.1 Å². The van der Waals surface area contributed by atoms with E-state index in [2.05, 4.69) is 5.73 Å². The molecule has 0 saturated heterocycles. The van der Waals surface area contributed by atoms with Crippen molar-refractivity contribution in [2.75, 3.05) is 6.54 Å². The first-order chi connectivity index (χ1) is 3.95. The van der Waals surface area contributed by atoms with Crippen LogP contribution < -0.4 is 11.1 Å². The van der Waals surface area contributed by atoms with Crippen molar-refractivity contribution in [3.63, 3.8) is 0 Å². The highest BCUT2D eigenvalue weighted by Crippen LogP contribution is 2.08. The van der Waals surface area contributed by atoms with Gasteiger partial charge in [-0.05, 0) is 0 Å². The summed E-state index contributed by atoms with van der Waals surface area (Å²) in [5.41, 5.74) is 4.57. The Morgan fingerprint density at radius 3 is 2.00 bits per heavy atom. The maximum Gasteiger partial charge on any atom is 0.484 e. The third-order valence-corrected chi connectivity index (χ3v) is 0.467. The van der Waals surface area contributed by atoms with Crippen molar-refractivity contribution in [2.24, 2.45) is 5.73 Å². The smallest absolute Gasteiger partial charge is 0.322 e. The highest BCUT2D eigenvalue weighted by molar-refractivity contribution is 5.85. The molecule has 3 N–H and O–H groups in total. The van der Waals surface area contributed by atoms with Crippen molar-refractivity contribution in [3.8, 4) is 0 Å². The zero-order valence-corrected chi connectivity index (χ0v) is 5.55. The number of rotatable bonds is 1. The second-order valence-corrected chi connectivity index (χ2v) is 1.25. The van der Waals surface area contributed by atoms with E-state index < -0.39 is 18.8 Å². The summed E-state index contributed by atoms with van der Waals surface area (Å²) in [6.07, 6.45) is -4.66. The summed E-state index contributed by atoms with van der Waals surface area (Å²) >= 11 is 0. The van der Waals surface area contributed by atoms with E-state index in [0.29, 0.717) is 5.32 Å². The lowest BCUT2D eigenvalue weighted by Crippen LogP contribution is -2.40. The molecule has 62 valence electrons. The SMILES string of the molecule is Cl.NCC(=O)NC(F)(F)F. The minimum absolute atomic E-state index is 0. The highest BCUT2D eigenvalue weighted by atomic mass is 35.5. The van der Waals surface area contributed by atoms with Crippen LogP contribution in [0.25, 0.3) is 0 Å². The van der Waals surface area contributed by atoms with E-state index in [9.17, 15) is 18.0 Å². The van der Waals surface area contributed by atoms with Gasteiger partial charge in [0.25, 0.3) is 0 Å². The molecule has 0 aromatic carbocycles. The molecule has 1 amide bonds. The summed E-state index contributed by atoms with van der Waals surface area (Å²) in [4.78, 5) is 9.87. The fraction of sp³-hybridized carbons (Fsp3) is 0.667. The van der Waals surface area contributed by atoms with Gasteiger partial charge < -0.3 is 5.73 Å². The van der Waals surface area contributed by atoms with Gasteiger partial charge in [-0.2, -0.15) is 13.2 Å². The number of nitrogens with one attached hydrogen (secondary N) is 1. The molecule has 0 fully saturated rings. The Labute approximate surface area is 61.2 Å². The second-order valence-electron chi connectivity index (χ2n) is 1.25. The van der Waals surface area contributed by atoms with Gasteiger partial charge in [0, 0.05) is 0 Å². The van der Waals surface area contributed by atoms with Crippen LogP contribution in [0, 0.1) is 0 Å². The van der Waals surface area contributed by atoms with E-state index in [1.54, 1.807) is 0 Å². The van der Waals surface area contributed by atoms with Gasteiger partial charge in [-0.15, -0.1) is 12.4 Å². The molecule has 0 atom stereocenters. The van der Waals surface area contributed by atoms with Gasteiger partial charge in [-0.3, -0.25) is 10.1 Å². The first-order valence-corrected chi connectivity index (χ1v) is 2.03. The van der Waals surface area contributed by atoms with Gasteiger partial charge in [-0.25, -0.2) is 0 Å². The molecule has 0 aromatic heterocycles. The van der Waals surface area contributed by atoms with Gasteiger partial charge >= 0.3 is 6.30 Å². The molecule has 0 spiro atoms. The van der Waals surface area contributed by atoms with Crippen LogP contribution in [0.3, 0.4) is 0 Å². The molecule has 0 saturated carbocycles. The molecular weight excluding hydrogens is 172 g/mol. The Hall–Kier alpha value is -0.490. The molecule has 0 heterocycles. The molecule has 0 bridgehead atoms. The lowest BCUT2D eigenvalue weighted by molar-refractivity contribution is -0.168. The van der Waals surface area contributed by atoms with Crippen molar-refractivity contribution in [1.29, 1.82) is 0 Å². The molecular formula is C3H6ClF3N2O. The molecule has 0 aromatic rings. The standard InChI is InChI=1S/C3H5F3N2O.ClH/c4-3(5,6)8-2(9)1-7;/h1,7H2,(H,8,9);1H. The first kappa shape index (κ1) is 12.2. The maximum absolute atomic E-state index is 11.1. The molecule has 0 radical (unpaired) electrons. The van der Waals surface area contributed by atoms with E-state index in [-0.39, 0.29) is 12.4 Å². The van der Waals surface area contributed by atoms with Gasteiger partial charge in [0.05, 0.1) is 6.54 Å². The summed E-state index contributed by atoms with van der Waals surface area (Å²) in [5, 5.41) is 0.705. The average Bonchev–Trinajstić information content (AvgIpc) is 1.62. The minimum Gasteiger partial charge on any atom is -0.322 e. The van der Waals surface area contributed by atoms with E-state index in [4.69, 9.17) is 0 Å². The van der Waals surface area contributed by atoms with Crippen molar-refractivity contribution in [2.45, 2.75) is 6.30 Å². The number of alkyl halides is 3. The molecule has 0 unspecified atom stereocenters. The van der Waals surface area contributed by atoms with Crippen LogP contribution in [0.15, 0.2) is 0 Å². The van der Waals surface area contributed by atoms with Gasteiger partial charge in [0.2, 0.25) is 5.91 Å². The number of carbonyl (C=O) groups excluding carboxylic acids is 1. The molecule has 0 rings (SSSR count). The fourth-order valence-electron chi connectivity index (χ4n) is 0.209. The van der Waals surface area contributed by atoms with E-state index in [1.807, 2.05) is 0 Å². The summed E-state index contributed by atoms with van der Waals surface area (Å²) in [5.74, 6) is -1.23. The Morgan fingerprint density at radius 2 is 1.90 bits per heavy atom. The molecule has 3 nitrogen and oxygen atoms in total. The predicted octanol–water partition coefficient (Wildman–Crippen LogP) is 0.00290. The van der Waals surface area contributed by atoms with Crippen LogP contribution in [-0.4, -0.2) is 18.8 Å². The average molecular weight is 179 g/mol. The number of halogens is 4. The summed E-state index contributed by atoms with van der Waals surface area (Å²) in [6.45, 7) is -0.653. The minimum atomic E-state index is -4.66. The largest absolute Gasteiger partial charge is 0.484 e. The normalized spacial score (nSPS) is 10.0. The van der Waals surface area contributed by atoms with Crippen molar-refractivity contribution in [3.05, 3.63) is 0 Å². The molecule has 0 aliphatic rings. The monoisotopic (exact) mass is 178 g/mol. The third-order valence-electron chi connectivity index (χ3n) is 0.467. The highest BCUT2D eigenvalue weighted by Gasteiger charge is 2.28. The number of amides is 1. The number of carbonyl (C=O) groups is 1.